The minimum atomic E-state index is -0.0130. The monoisotopic (exact) mass is 507 g/mol. The van der Waals surface area contributed by atoms with Crippen LogP contribution in [0.25, 0.3) is 0 Å². The molecule has 1 aliphatic rings. The van der Waals surface area contributed by atoms with Gasteiger partial charge in [-0.1, -0.05) is 42.5 Å². The van der Waals surface area contributed by atoms with Crippen LogP contribution in [0.2, 0.25) is 0 Å². The molecule has 0 atom stereocenters. The molecule has 0 spiro atoms. The van der Waals surface area contributed by atoms with Gasteiger partial charge in [0.15, 0.2) is 5.96 Å². The average molecular weight is 507 g/mol. The van der Waals surface area contributed by atoms with E-state index in [9.17, 15) is 4.79 Å². The number of carbonyl (C=O) groups excluding carboxylic acids is 1. The Morgan fingerprint density at radius 1 is 1.00 bits per heavy atom. The maximum Gasteiger partial charge on any atom is 0.321 e. The van der Waals surface area contributed by atoms with Gasteiger partial charge in [0.2, 0.25) is 0 Å². The van der Waals surface area contributed by atoms with E-state index in [-0.39, 0.29) is 30.0 Å². The fourth-order valence-electron chi connectivity index (χ4n) is 3.26. The maximum absolute atomic E-state index is 12.2. The van der Waals surface area contributed by atoms with Crippen molar-refractivity contribution in [1.29, 1.82) is 0 Å². The number of nitrogens with zero attached hydrogens (tertiary/aromatic N) is 2. The topological polar surface area (TPSA) is 68.8 Å². The molecular weight excluding hydrogens is 477 g/mol. The number of guanidine groups is 1. The SMILES string of the molecule is CN=C(NCCc1ccccc1)NCc1cccc(NC(=O)N2CCCC2)c1.I. The van der Waals surface area contributed by atoms with E-state index in [2.05, 4.69) is 45.2 Å². The molecule has 1 saturated heterocycles. The number of benzene rings is 2. The second kappa shape index (κ2) is 12.3. The van der Waals surface area contributed by atoms with Crippen molar-refractivity contribution < 1.29 is 4.79 Å². The number of anilines is 1. The van der Waals surface area contributed by atoms with Gasteiger partial charge in [0.1, 0.15) is 0 Å². The van der Waals surface area contributed by atoms with Gasteiger partial charge in [0.05, 0.1) is 0 Å². The molecule has 0 aromatic heterocycles. The van der Waals surface area contributed by atoms with E-state index in [4.69, 9.17) is 0 Å². The first-order chi connectivity index (χ1) is 13.7. The zero-order chi connectivity index (χ0) is 19.6. The van der Waals surface area contributed by atoms with Crippen molar-refractivity contribution in [3.05, 3.63) is 65.7 Å². The Morgan fingerprint density at radius 3 is 2.45 bits per heavy atom. The van der Waals surface area contributed by atoms with Crippen LogP contribution in [-0.2, 0) is 13.0 Å². The molecule has 7 heteroatoms. The summed E-state index contributed by atoms with van der Waals surface area (Å²) in [6, 6.07) is 18.3. The van der Waals surface area contributed by atoms with E-state index in [1.807, 2.05) is 35.2 Å². The van der Waals surface area contributed by atoms with Crippen LogP contribution in [0, 0.1) is 0 Å². The number of urea groups is 1. The summed E-state index contributed by atoms with van der Waals surface area (Å²) in [6.45, 7) is 3.14. The minimum Gasteiger partial charge on any atom is -0.356 e. The van der Waals surface area contributed by atoms with Crippen LogP contribution in [0.3, 0.4) is 0 Å². The number of rotatable bonds is 6. The number of hydrogen-bond acceptors (Lipinski definition) is 2. The lowest BCUT2D eigenvalue weighted by Gasteiger charge is -2.17. The van der Waals surface area contributed by atoms with E-state index in [1.54, 1.807) is 7.05 Å². The molecule has 6 nitrogen and oxygen atoms in total. The predicted molar refractivity (Wildman–Crippen MR) is 130 cm³/mol. The van der Waals surface area contributed by atoms with Gasteiger partial charge in [-0.2, -0.15) is 0 Å². The van der Waals surface area contributed by atoms with Crippen LogP contribution in [0.4, 0.5) is 10.5 Å². The third-order valence-electron chi connectivity index (χ3n) is 4.80. The van der Waals surface area contributed by atoms with Crippen molar-refractivity contribution in [2.75, 3.05) is 32.0 Å². The van der Waals surface area contributed by atoms with Gasteiger partial charge in [-0.25, -0.2) is 4.79 Å². The van der Waals surface area contributed by atoms with E-state index in [1.165, 1.54) is 5.56 Å². The van der Waals surface area contributed by atoms with Crippen molar-refractivity contribution >= 4 is 41.7 Å². The summed E-state index contributed by atoms with van der Waals surface area (Å²) in [4.78, 5) is 18.4. The van der Waals surface area contributed by atoms with Crippen molar-refractivity contribution in [3.63, 3.8) is 0 Å². The Labute approximate surface area is 190 Å². The van der Waals surface area contributed by atoms with Gasteiger partial charge >= 0.3 is 6.03 Å². The summed E-state index contributed by atoms with van der Waals surface area (Å²) in [5.74, 6) is 0.766. The number of carbonyl (C=O) groups is 1. The predicted octanol–water partition coefficient (Wildman–Crippen LogP) is 3.84. The summed E-state index contributed by atoms with van der Waals surface area (Å²) in [5, 5.41) is 9.65. The molecule has 1 fully saturated rings. The van der Waals surface area contributed by atoms with Gasteiger partial charge < -0.3 is 20.9 Å². The van der Waals surface area contributed by atoms with Crippen LogP contribution in [0.1, 0.15) is 24.0 Å². The number of aliphatic imine (C=N–C) groups is 1. The summed E-state index contributed by atoms with van der Waals surface area (Å²) in [6.07, 6.45) is 3.13. The van der Waals surface area contributed by atoms with Gasteiger partial charge in [-0.3, -0.25) is 4.99 Å². The fourth-order valence-corrected chi connectivity index (χ4v) is 3.26. The summed E-state index contributed by atoms with van der Waals surface area (Å²) < 4.78 is 0. The van der Waals surface area contributed by atoms with Gasteiger partial charge in [0, 0.05) is 38.9 Å². The van der Waals surface area contributed by atoms with E-state index < -0.39 is 0 Å². The molecule has 0 bridgehead atoms. The Balaban J connectivity index is 0.00000300. The molecule has 0 unspecified atom stereocenters. The lowest BCUT2D eigenvalue weighted by Crippen LogP contribution is -2.37. The van der Waals surface area contributed by atoms with E-state index in [0.29, 0.717) is 6.54 Å². The molecule has 2 aromatic rings. The Kier molecular flexibility index (Phi) is 9.76. The van der Waals surface area contributed by atoms with Crippen molar-refractivity contribution in [1.82, 2.24) is 15.5 Å². The van der Waals surface area contributed by atoms with Crippen molar-refractivity contribution in [2.45, 2.75) is 25.8 Å². The number of amides is 2. The molecule has 0 saturated carbocycles. The summed E-state index contributed by atoms with van der Waals surface area (Å²) >= 11 is 0. The maximum atomic E-state index is 12.2. The van der Waals surface area contributed by atoms with Gasteiger partial charge in [-0.05, 0) is 42.5 Å². The molecule has 29 heavy (non-hydrogen) atoms. The van der Waals surface area contributed by atoms with Crippen molar-refractivity contribution in [3.8, 4) is 0 Å². The summed E-state index contributed by atoms with van der Waals surface area (Å²) in [7, 11) is 1.77. The standard InChI is InChI=1S/C22H29N5O.HI/c1-23-21(24-13-12-18-8-3-2-4-9-18)25-17-19-10-7-11-20(16-19)26-22(28)27-14-5-6-15-27;/h2-4,7-11,16H,5-6,12-15,17H2,1H3,(H,26,28)(H2,23,24,25);1H. The number of hydrogen-bond donors (Lipinski definition) is 3. The number of nitrogens with one attached hydrogen (secondary N) is 3. The molecule has 1 heterocycles. The first-order valence-corrected chi connectivity index (χ1v) is 9.88. The third kappa shape index (κ3) is 7.56. The molecule has 3 N–H and O–H groups in total. The Morgan fingerprint density at radius 2 is 1.72 bits per heavy atom. The molecular formula is C22H30IN5O. The quantitative estimate of drug-likeness (QED) is 0.316. The highest BCUT2D eigenvalue weighted by Gasteiger charge is 2.17. The Bertz CT molecular complexity index is 791. The lowest BCUT2D eigenvalue weighted by molar-refractivity contribution is 0.222. The smallest absolute Gasteiger partial charge is 0.321 e. The highest BCUT2D eigenvalue weighted by Crippen LogP contribution is 2.14. The van der Waals surface area contributed by atoms with Crippen LogP contribution >= 0.6 is 24.0 Å². The van der Waals surface area contributed by atoms with Crippen LogP contribution in [-0.4, -0.2) is 43.6 Å². The molecule has 0 radical (unpaired) electrons. The first kappa shape index (κ1) is 23.0. The molecule has 2 aromatic carbocycles. The first-order valence-electron chi connectivity index (χ1n) is 9.88. The van der Waals surface area contributed by atoms with Gasteiger partial charge in [-0.15, -0.1) is 24.0 Å². The molecule has 156 valence electrons. The zero-order valence-electron chi connectivity index (χ0n) is 16.9. The van der Waals surface area contributed by atoms with Crippen LogP contribution in [0.15, 0.2) is 59.6 Å². The van der Waals surface area contributed by atoms with Crippen LogP contribution in [0.5, 0.6) is 0 Å². The zero-order valence-corrected chi connectivity index (χ0v) is 19.2. The molecule has 2 amide bonds. The number of likely N-dealkylation sites (tertiary alicyclic amines) is 1. The molecule has 1 aliphatic heterocycles. The highest BCUT2D eigenvalue weighted by molar-refractivity contribution is 14.0. The lowest BCUT2D eigenvalue weighted by atomic mass is 10.1. The second-order valence-electron chi connectivity index (χ2n) is 6.91. The number of halogens is 1. The average Bonchev–Trinajstić information content (AvgIpc) is 3.27. The molecule has 3 rings (SSSR count). The van der Waals surface area contributed by atoms with Crippen molar-refractivity contribution in [2.24, 2.45) is 4.99 Å². The molecule has 0 aliphatic carbocycles. The highest BCUT2D eigenvalue weighted by atomic mass is 127. The van der Waals surface area contributed by atoms with Gasteiger partial charge in [0.25, 0.3) is 0 Å². The van der Waals surface area contributed by atoms with E-state index in [0.717, 1.165) is 56.1 Å². The third-order valence-corrected chi connectivity index (χ3v) is 4.80. The minimum absolute atomic E-state index is 0. The normalized spacial score (nSPS) is 13.6. The largest absolute Gasteiger partial charge is 0.356 e. The van der Waals surface area contributed by atoms with E-state index >= 15 is 0 Å². The summed E-state index contributed by atoms with van der Waals surface area (Å²) in [5.41, 5.74) is 3.21. The van der Waals surface area contributed by atoms with Crippen LogP contribution < -0.4 is 16.0 Å². The Hall–Kier alpha value is -2.29. The fraction of sp³-hybridized carbons (Fsp3) is 0.364. The second-order valence-corrected chi connectivity index (χ2v) is 6.91.